The smallest absolute Gasteiger partial charge is 0.255 e. The van der Waals surface area contributed by atoms with Gasteiger partial charge in [-0.1, -0.05) is 0 Å². The summed E-state index contributed by atoms with van der Waals surface area (Å²) in [6.07, 6.45) is 1.75. The number of anilines is 2. The Kier molecular flexibility index (Phi) is 4.69. The molecule has 0 saturated heterocycles. The molecule has 0 saturated carbocycles. The second-order valence-electron chi connectivity index (χ2n) is 6.04. The van der Waals surface area contributed by atoms with E-state index in [9.17, 15) is 18.0 Å². The van der Waals surface area contributed by atoms with Crippen LogP contribution in [0.2, 0.25) is 0 Å². The highest BCUT2D eigenvalue weighted by atomic mass is 32.2. The zero-order chi connectivity index (χ0) is 18.9. The van der Waals surface area contributed by atoms with Crippen LogP contribution in [0.1, 0.15) is 26.3 Å². The molecule has 0 atom stereocenters. The van der Waals surface area contributed by atoms with Gasteiger partial charge in [-0.25, -0.2) is 8.42 Å². The third-order valence-corrected chi connectivity index (χ3v) is 5.41. The maximum atomic E-state index is 12.4. The predicted molar refractivity (Wildman–Crippen MR) is 100 cm³/mol. The first-order valence-electron chi connectivity index (χ1n) is 8.04. The lowest BCUT2D eigenvalue weighted by atomic mass is 10.1. The first-order chi connectivity index (χ1) is 12.3. The van der Waals surface area contributed by atoms with Crippen LogP contribution in [-0.2, 0) is 16.4 Å². The molecule has 0 aliphatic carbocycles. The van der Waals surface area contributed by atoms with Gasteiger partial charge in [0.05, 0.1) is 11.9 Å². The summed E-state index contributed by atoms with van der Waals surface area (Å²) in [5, 5.41) is 5.30. The summed E-state index contributed by atoms with van der Waals surface area (Å²) in [5.74, 6) is -0.491. The molecule has 2 amide bonds. The third kappa shape index (κ3) is 3.55. The molecule has 0 radical (unpaired) electrons. The largest absolute Gasteiger partial charge is 0.355 e. The zero-order valence-corrected chi connectivity index (χ0v) is 15.3. The van der Waals surface area contributed by atoms with E-state index in [0.717, 1.165) is 5.56 Å². The van der Waals surface area contributed by atoms with Crippen molar-refractivity contribution in [2.75, 3.05) is 29.5 Å². The number of amides is 2. The van der Waals surface area contributed by atoms with Gasteiger partial charge in [0.15, 0.2) is 0 Å². The predicted octanol–water partition coefficient (Wildman–Crippen LogP) is 1.62. The van der Waals surface area contributed by atoms with Crippen molar-refractivity contribution in [3.8, 4) is 0 Å². The summed E-state index contributed by atoms with van der Waals surface area (Å²) in [7, 11) is -1.76. The second-order valence-corrected chi connectivity index (χ2v) is 7.95. The van der Waals surface area contributed by atoms with Crippen molar-refractivity contribution < 1.29 is 18.0 Å². The first-order valence-corrected chi connectivity index (χ1v) is 9.88. The van der Waals surface area contributed by atoms with Gasteiger partial charge >= 0.3 is 0 Å². The number of carbonyl (C=O) groups is 2. The average Bonchev–Trinajstić information content (AvgIpc) is 3.05. The standard InChI is InChI=1S/C18H19N3O4S/c1-19-17(22)12-3-6-15(7-4-12)20-18(23)14-5-8-16-13(11-14)9-10-21(16)26(2,24)25/h3-8,11H,9-10H2,1-2H3,(H,19,22)(H,20,23). The Morgan fingerprint density at radius 2 is 1.65 bits per heavy atom. The molecule has 0 fully saturated rings. The van der Waals surface area contributed by atoms with Gasteiger partial charge < -0.3 is 10.6 Å². The molecule has 7 nitrogen and oxygen atoms in total. The SMILES string of the molecule is CNC(=O)c1ccc(NC(=O)c2ccc3c(c2)CCN3S(C)(=O)=O)cc1. The number of carbonyl (C=O) groups excluding carboxylic acids is 2. The van der Waals surface area contributed by atoms with E-state index in [0.29, 0.717) is 35.5 Å². The van der Waals surface area contributed by atoms with E-state index in [1.54, 1.807) is 49.5 Å². The fourth-order valence-corrected chi connectivity index (χ4v) is 3.87. The minimum Gasteiger partial charge on any atom is -0.355 e. The average molecular weight is 373 g/mol. The number of nitrogens with zero attached hydrogens (tertiary/aromatic N) is 1. The van der Waals surface area contributed by atoms with E-state index in [1.165, 1.54) is 10.6 Å². The van der Waals surface area contributed by atoms with Gasteiger partial charge in [-0.2, -0.15) is 0 Å². The van der Waals surface area contributed by atoms with E-state index in [2.05, 4.69) is 10.6 Å². The molecule has 8 heteroatoms. The molecule has 0 unspecified atom stereocenters. The third-order valence-electron chi connectivity index (χ3n) is 4.23. The minimum absolute atomic E-state index is 0.197. The van der Waals surface area contributed by atoms with E-state index >= 15 is 0 Å². The number of rotatable bonds is 4. The number of nitrogens with one attached hydrogen (secondary N) is 2. The molecule has 0 aromatic heterocycles. The maximum absolute atomic E-state index is 12.4. The van der Waals surface area contributed by atoms with Crippen molar-refractivity contribution in [2.45, 2.75) is 6.42 Å². The van der Waals surface area contributed by atoms with Crippen LogP contribution in [0.15, 0.2) is 42.5 Å². The quantitative estimate of drug-likeness (QED) is 0.851. The Labute approximate surface area is 152 Å². The van der Waals surface area contributed by atoms with Crippen LogP contribution in [0, 0.1) is 0 Å². The number of sulfonamides is 1. The molecule has 1 aliphatic heterocycles. The molecule has 2 N–H and O–H groups in total. The van der Waals surface area contributed by atoms with Gasteiger partial charge in [0.1, 0.15) is 0 Å². The maximum Gasteiger partial charge on any atom is 0.255 e. The van der Waals surface area contributed by atoms with E-state index in [1.807, 2.05) is 0 Å². The van der Waals surface area contributed by atoms with Crippen molar-refractivity contribution in [1.82, 2.24) is 5.32 Å². The highest BCUT2D eigenvalue weighted by molar-refractivity contribution is 7.92. The molecule has 0 bridgehead atoms. The molecule has 2 aromatic rings. The topological polar surface area (TPSA) is 95.6 Å². The van der Waals surface area contributed by atoms with Crippen LogP contribution < -0.4 is 14.9 Å². The summed E-state index contributed by atoms with van der Waals surface area (Å²) in [5.41, 5.74) is 2.98. The summed E-state index contributed by atoms with van der Waals surface area (Å²) in [6.45, 7) is 0.389. The Morgan fingerprint density at radius 1 is 1.00 bits per heavy atom. The lowest BCUT2D eigenvalue weighted by molar-refractivity contribution is 0.0962. The Balaban J connectivity index is 1.76. The molecule has 136 valence electrons. The summed E-state index contributed by atoms with van der Waals surface area (Å²) >= 11 is 0. The fourth-order valence-electron chi connectivity index (χ4n) is 2.91. The van der Waals surface area contributed by atoms with Crippen LogP contribution in [0.5, 0.6) is 0 Å². The number of fused-ring (bicyclic) bond motifs is 1. The molecule has 1 heterocycles. The second kappa shape index (κ2) is 6.80. The van der Waals surface area contributed by atoms with Crippen molar-refractivity contribution in [3.05, 3.63) is 59.2 Å². The normalized spacial score (nSPS) is 13.2. The van der Waals surface area contributed by atoms with Crippen LogP contribution in [0.4, 0.5) is 11.4 Å². The first kappa shape index (κ1) is 17.9. The number of hydrogen-bond acceptors (Lipinski definition) is 4. The van der Waals surface area contributed by atoms with Crippen molar-refractivity contribution >= 4 is 33.2 Å². The summed E-state index contributed by atoms with van der Waals surface area (Å²) in [4.78, 5) is 24.0. The zero-order valence-electron chi connectivity index (χ0n) is 14.4. The van der Waals surface area contributed by atoms with Gasteiger partial charge in [-0.3, -0.25) is 13.9 Å². The van der Waals surface area contributed by atoms with E-state index < -0.39 is 10.0 Å². The molecule has 26 heavy (non-hydrogen) atoms. The van der Waals surface area contributed by atoms with Crippen LogP contribution in [-0.4, -0.2) is 40.1 Å². The summed E-state index contributed by atoms with van der Waals surface area (Å²) < 4.78 is 24.9. The monoisotopic (exact) mass is 373 g/mol. The van der Waals surface area contributed by atoms with E-state index in [4.69, 9.17) is 0 Å². The number of hydrogen-bond donors (Lipinski definition) is 2. The van der Waals surface area contributed by atoms with E-state index in [-0.39, 0.29) is 11.8 Å². The minimum atomic E-state index is -3.31. The Hall–Kier alpha value is -2.87. The molecule has 3 rings (SSSR count). The van der Waals surface area contributed by atoms with Crippen LogP contribution in [0.3, 0.4) is 0 Å². The Bertz CT molecular complexity index is 968. The molecular formula is C18H19N3O4S. The van der Waals surface area contributed by atoms with Gasteiger partial charge in [-0.15, -0.1) is 0 Å². The van der Waals surface area contributed by atoms with Crippen LogP contribution >= 0.6 is 0 Å². The number of benzene rings is 2. The molecular weight excluding hydrogens is 354 g/mol. The fraction of sp³-hybridized carbons (Fsp3) is 0.222. The van der Waals surface area contributed by atoms with Gasteiger partial charge in [-0.05, 0) is 54.4 Å². The van der Waals surface area contributed by atoms with Gasteiger partial charge in [0, 0.05) is 30.4 Å². The lowest BCUT2D eigenvalue weighted by Crippen LogP contribution is -2.27. The molecule has 1 aliphatic rings. The molecule has 0 spiro atoms. The van der Waals surface area contributed by atoms with Crippen LogP contribution in [0.25, 0.3) is 0 Å². The highest BCUT2D eigenvalue weighted by Gasteiger charge is 2.26. The van der Waals surface area contributed by atoms with Crippen molar-refractivity contribution in [2.24, 2.45) is 0 Å². The molecule has 2 aromatic carbocycles. The Morgan fingerprint density at radius 3 is 2.27 bits per heavy atom. The highest BCUT2D eigenvalue weighted by Crippen LogP contribution is 2.30. The van der Waals surface area contributed by atoms with Crippen molar-refractivity contribution in [1.29, 1.82) is 0 Å². The van der Waals surface area contributed by atoms with Gasteiger partial charge in [0.2, 0.25) is 10.0 Å². The van der Waals surface area contributed by atoms with Crippen molar-refractivity contribution in [3.63, 3.8) is 0 Å². The lowest BCUT2D eigenvalue weighted by Gasteiger charge is -2.16. The van der Waals surface area contributed by atoms with Gasteiger partial charge in [0.25, 0.3) is 11.8 Å². The summed E-state index contributed by atoms with van der Waals surface area (Å²) in [6, 6.07) is 11.5.